The molecule has 2 aromatic rings. The van der Waals surface area contributed by atoms with Crippen LogP contribution in [-0.4, -0.2) is 29.0 Å². The lowest BCUT2D eigenvalue weighted by Crippen LogP contribution is -2.42. The van der Waals surface area contributed by atoms with Gasteiger partial charge in [0.25, 0.3) is 5.91 Å². The van der Waals surface area contributed by atoms with E-state index in [-0.39, 0.29) is 11.9 Å². The Morgan fingerprint density at radius 2 is 2.17 bits per heavy atom. The van der Waals surface area contributed by atoms with Gasteiger partial charge in [0.05, 0.1) is 6.20 Å². The zero-order valence-electron chi connectivity index (χ0n) is 12.3. The highest BCUT2D eigenvalue weighted by molar-refractivity contribution is 7.15. The Kier molecular flexibility index (Phi) is 3.97. The van der Waals surface area contributed by atoms with Gasteiger partial charge in [0.15, 0.2) is 5.01 Å². The van der Waals surface area contributed by atoms with Gasteiger partial charge in [0.2, 0.25) is 5.06 Å². The van der Waals surface area contributed by atoms with Crippen LogP contribution in [0.3, 0.4) is 0 Å². The zero-order chi connectivity index (χ0) is 15.8. The number of thiazole rings is 1. The summed E-state index contributed by atoms with van der Waals surface area (Å²) in [6, 6.07) is 8.26. The van der Waals surface area contributed by atoms with Crippen molar-refractivity contribution >= 4 is 28.8 Å². The molecule has 2 saturated heterocycles. The molecule has 5 nitrogen and oxygen atoms in total. The number of hydrogen-bond donors (Lipinski definition) is 2. The molecule has 2 N–H and O–H groups in total. The molecule has 2 aliphatic rings. The third kappa shape index (κ3) is 3.20. The minimum absolute atomic E-state index is 0.125. The molecule has 0 saturated carbocycles. The Morgan fingerprint density at radius 3 is 2.87 bits per heavy atom. The molecule has 3 atom stereocenters. The minimum atomic E-state index is -0.125. The van der Waals surface area contributed by atoms with E-state index in [2.05, 4.69) is 15.6 Å². The number of nitrogens with zero attached hydrogens (tertiary/aromatic N) is 1. The Balaban J connectivity index is 1.39. The Hall–Kier alpha value is -1.63. The lowest BCUT2D eigenvalue weighted by Gasteiger charge is -2.20. The van der Waals surface area contributed by atoms with E-state index >= 15 is 0 Å². The molecule has 0 aliphatic carbocycles. The molecule has 1 amide bonds. The van der Waals surface area contributed by atoms with Crippen LogP contribution in [0.25, 0.3) is 0 Å². The first kappa shape index (κ1) is 14.9. The highest BCUT2D eigenvalue weighted by atomic mass is 35.5. The van der Waals surface area contributed by atoms with Crippen LogP contribution in [0.2, 0.25) is 5.02 Å². The number of nitrogens with one attached hydrogen (secondary N) is 2. The van der Waals surface area contributed by atoms with Crippen LogP contribution in [0.15, 0.2) is 30.5 Å². The number of carbonyl (C=O) groups excluding carboxylic acids is 1. The summed E-state index contributed by atoms with van der Waals surface area (Å²) in [5.41, 5.74) is 0. The number of hydrogen-bond acceptors (Lipinski definition) is 5. The highest BCUT2D eigenvalue weighted by Gasteiger charge is 2.39. The van der Waals surface area contributed by atoms with Crippen LogP contribution in [0.1, 0.15) is 29.1 Å². The monoisotopic (exact) mass is 349 g/mol. The first-order valence-corrected chi connectivity index (χ1v) is 8.83. The summed E-state index contributed by atoms with van der Waals surface area (Å²) >= 11 is 7.09. The maximum absolute atomic E-state index is 12.3. The summed E-state index contributed by atoms with van der Waals surface area (Å²) in [5.74, 6) is 0.544. The average molecular weight is 350 g/mol. The molecule has 2 bridgehead atoms. The van der Waals surface area contributed by atoms with E-state index in [1.54, 1.807) is 30.5 Å². The summed E-state index contributed by atoms with van der Waals surface area (Å²) in [7, 11) is 0. The molecule has 120 valence electrons. The normalized spacial score (nSPS) is 25.5. The van der Waals surface area contributed by atoms with Crippen molar-refractivity contribution in [2.24, 2.45) is 0 Å². The standard InChI is InChI=1S/C16H16ClN3O2S/c17-9-1-4-11(5-2-9)22-14-8-18-16(23-14)15(21)20-13-7-10-3-6-12(13)19-10/h1-2,4-5,8,10,12-13,19H,3,6-7H2,(H,20,21)/t10-,12+,13-/m1/s1. The van der Waals surface area contributed by atoms with Gasteiger partial charge in [-0.1, -0.05) is 22.9 Å². The molecule has 1 aromatic carbocycles. The van der Waals surface area contributed by atoms with Crippen molar-refractivity contribution in [3.05, 3.63) is 40.5 Å². The molecule has 7 heteroatoms. The summed E-state index contributed by atoms with van der Waals surface area (Å²) < 4.78 is 5.69. The molecule has 2 fully saturated rings. The topological polar surface area (TPSA) is 63.2 Å². The van der Waals surface area contributed by atoms with Crippen LogP contribution in [0.4, 0.5) is 0 Å². The van der Waals surface area contributed by atoms with Crippen molar-refractivity contribution in [2.45, 2.75) is 37.4 Å². The fraction of sp³-hybridized carbons (Fsp3) is 0.375. The largest absolute Gasteiger partial charge is 0.445 e. The van der Waals surface area contributed by atoms with Crippen LogP contribution in [-0.2, 0) is 0 Å². The smallest absolute Gasteiger partial charge is 0.280 e. The van der Waals surface area contributed by atoms with E-state index in [0.29, 0.717) is 32.9 Å². The van der Waals surface area contributed by atoms with Crippen molar-refractivity contribution in [1.29, 1.82) is 0 Å². The van der Waals surface area contributed by atoms with Gasteiger partial charge in [-0.15, -0.1) is 0 Å². The van der Waals surface area contributed by atoms with Crippen LogP contribution in [0.5, 0.6) is 10.8 Å². The van der Waals surface area contributed by atoms with E-state index in [9.17, 15) is 4.79 Å². The average Bonchev–Trinajstić information content (AvgIpc) is 3.26. The summed E-state index contributed by atoms with van der Waals surface area (Å²) in [6.45, 7) is 0. The quantitative estimate of drug-likeness (QED) is 0.889. The van der Waals surface area contributed by atoms with Crippen molar-refractivity contribution < 1.29 is 9.53 Å². The van der Waals surface area contributed by atoms with Gasteiger partial charge in [-0.2, -0.15) is 0 Å². The summed E-state index contributed by atoms with van der Waals surface area (Å²) in [5, 5.41) is 8.26. The molecule has 0 radical (unpaired) electrons. The summed E-state index contributed by atoms with van der Waals surface area (Å²) in [4.78, 5) is 16.5. The van der Waals surface area contributed by atoms with Gasteiger partial charge >= 0.3 is 0 Å². The predicted octanol–water partition coefficient (Wildman–Crippen LogP) is 3.21. The molecule has 23 heavy (non-hydrogen) atoms. The van der Waals surface area contributed by atoms with Gasteiger partial charge in [-0.25, -0.2) is 4.98 Å². The van der Waals surface area contributed by atoms with Gasteiger partial charge in [0, 0.05) is 23.1 Å². The molecule has 2 aliphatic heterocycles. The molecule has 0 unspecified atom stereocenters. The number of benzene rings is 1. The molecule has 3 heterocycles. The number of aromatic nitrogens is 1. The maximum Gasteiger partial charge on any atom is 0.280 e. The van der Waals surface area contributed by atoms with Crippen LogP contribution in [0, 0.1) is 0 Å². The highest BCUT2D eigenvalue weighted by Crippen LogP contribution is 2.30. The molecule has 0 spiro atoms. The van der Waals surface area contributed by atoms with Gasteiger partial charge in [-0.3, -0.25) is 4.79 Å². The number of ether oxygens (including phenoxy) is 1. The molecular formula is C16H16ClN3O2S. The molecule has 4 rings (SSSR count). The second kappa shape index (κ2) is 6.11. The minimum Gasteiger partial charge on any atom is -0.445 e. The third-order valence-electron chi connectivity index (χ3n) is 4.33. The number of carbonyl (C=O) groups is 1. The lowest BCUT2D eigenvalue weighted by molar-refractivity contribution is 0.0930. The number of amides is 1. The third-order valence-corrected chi connectivity index (χ3v) is 5.45. The first-order valence-electron chi connectivity index (χ1n) is 7.63. The van der Waals surface area contributed by atoms with Gasteiger partial charge in [-0.05, 0) is 43.5 Å². The Morgan fingerprint density at radius 1 is 1.35 bits per heavy atom. The van der Waals surface area contributed by atoms with Crippen LogP contribution < -0.4 is 15.4 Å². The van der Waals surface area contributed by atoms with Crippen molar-refractivity contribution in [3.8, 4) is 10.8 Å². The van der Waals surface area contributed by atoms with Crippen molar-refractivity contribution in [1.82, 2.24) is 15.6 Å². The second-order valence-corrected chi connectivity index (χ2v) is 7.33. The van der Waals surface area contributed by atoms with E-state index in [0.717, 1.165) is 12.8 Å². The fourth-order valence-electron chi connectivity index (χ4n) is 3.24. The van der Waals surface area contributed by atoms with E-state index in [1.165, 1.54) is 17.8 Å². The molecule has 1 aromatic heterocycles. The van der Waals surface area contributed by atoms with Gasteiger partial charge < -0.3 is 15.4 Å². The predicted molar refractivity (Wildman–Crippen MR) is 89.5 cm³/mol. The fourth-order valence-corrected chi connectivity index (χ4v) is 4.06. The van der Waals surface area contributed by atoms with Crippen LogP contribution >= 0.6 is 22.9 Å². The number of rotatable bonds is 4. The number of halogens is 1. The SMILES string of the molecule is O=C(N[C@@H]1C[C@H]2CC[C@@H]1N2)c1ncc(Oc2ccc(Cl)cc2)s1. The lowest BCUT2D eigenvalue weighted by atomic mass is 9.95. The van der Waals surface area contributed by atoms with E-state index < -0.39 is 0 Å². The first-order chi connectivity index (χ1) is 11.2. The van der Waals surface area contributed by atoms with E-state index in [4.69, 9.17) is 16.3 Å². The van der Waals surface area contributed by atoms with E-state index in [1.807, 2.05) is 0 Å². The zero-order valence-corrected chi connectivity index (χ0v) is 13.9. The maximum atomic E-state index is 12.3. The van der Waals surface area contributed by atoms with Crippen molar-refractivity contribution in [3.63, 3.8) is 0 Å². The Labute approximate surface area is 143 Å². The van der Waals surface area contributed by atoms with Gasteiger partial charge in [0.1, 0.15) is 5.75 Å². The Bertz CT molecular complexity index is 718. The number of fused-ring (bicyclic) bond motifs is 2. The summed E-state index contributed by atoms with van der Waals surface area (Å²) in [6.07, 6.45) is 4.94. The molecular weight excluding hydrogens is 334 g/mol. The second-order valence-electron chi connectivity index (χ2n) is 5.90. The van der Waals surface area contributed by atoms with Crippen molar-refractivity contribution in [2.75, 3.05) is 0 Å².